The molecule has 0 aromatic heterocycles. The molecule has 5 heteroatoms. The molecule has 0 aliphatic heterocycles. The minimum absolute atomic E-state index is 0.263. The molecule has 15 heavy (non-hydrogen) atoms. The molecule has 0 bridgehead atoms. The molecule has 0 radical (unpaired) electrons. The third kappa shape index (κ3) is 3.51. The van der Waals surface area contributed by atoms with Crippen LogP contribution in [0.3, 0.4) is 0 Å². The summed E-state index contributed by atoms with van der Waals surface area (Å²) < 4.78 is 53.9. The first-order chi connectivity index (χ1) is 6.93. The Morgan fingerprint density at radius 2 is 2.00 bits per heavy atom. The van der Waals surface area contributed by atoms with Gasteiger partial charge in [0.25, 0.3) is 0 Å². The fraction of sp³-hybridized carbons (Fsp3) is 0.400. The normalized spacial score (nSPS) is 13.9. The fourth-order valence-corrected chi connectivity index (χ4v) is 1.21. The van der Waals surface area contributed by atoms with Crippen molar-refractivity contribution in [2.45, 2.75) is 18.7 Å². The first-order valence-corrected chi connectivity index (χ1v) is 4.27. The smallest absolute Gasteiger partial charge is 0.372 e. The van der Waals surface area contributed by atoms with Gasteiger partial charge in [-0.1, -0.05) is 12.1 Å². The maximum atomic E-state index is 12.7. The zero-order valence-corrected chi connectivity index (χ0v) is 8.01. The number of alkyl halides is 3. The summed E-state index contributed by atoms with van der Waals surface area (Å²) >= 11 is 0. The summed E-state index contributed by atoms with van der Waals surface area (Å²) in [6.07, 6.45) is -6.70. The van der Waals surface area contributed by atoms with E-state index in [1.54, 1.807) is 0 Å². The van der Waals surface area contributed by atoms with Crippen LogP contribution >= 0.6 is 0 Å². The van der Waals surface area contributed by atoms with Crippen LogP contribution < -0.4 is 0 Å². The number of halogens is 4. The molecule has 1 nitrogen and oxygen atoms in total. The average molecular weight is 222 g/mol. The summed E-state index contributed by atoms with van der Waals surface area (Å²) in [5.41, 5.74) is 0.263. The zero-order chi connectivity index (χ0) is 11.5. The van der Waals surface area contributed by atoms with Gasteiger partial charge in [0, 0.05) is 13.5 Å². The molecule has 1 aromatic rings. The standard InChI is InChI=1S/C10H10F4O/c1-15-9(10(12,13)14)6-7-3-2-4-8(11)5-7/h2-5,9H,6H2,1H3. The van der Waals surface area contributed by atoms with Gasteiger partial charge >= 0.3 is 6.18 Å². The summed E-state index contributed by atoms with van der Waals surface area (Å²) in [6, 6.07) is 5.05. The molecule has 84 valence electrons. The molecular weight excluding hydrogens is 212 g/mol. The predicted octanol–water partition coefficient (Wildman–Crippen LogP) is 2.95. The third-order valence-electron chi connectivity index (χ3n) is 1.96. The lowest BCUT2D eigenvalue weighted by atomic mass is 10.1. The predicted molar refractivity (Wildman–Crippen MR) is 47.0 cm³/mol. The van der Waals surface area contributed by atoms with E-state index >= 15 is 0 Å². The number of ether oxygens (including phenoxy) is 1. The van der Waals surface area contributed by atoms with E-state index in [4.69, 9.17) is 0 Å². The molecule has 1 rings (SSSR count). The van der Waals surface area contributed by atoms with Crippen molar-refractivity contribution in [3.8, 4) is 0 Å². The SMILES string of the molecule is COC(Cc1cccc(F)c1)C(F)(F)F. The van der Waals surface area contributed by atoms with Gasteiger partial charge in [0.2, 0.25) is 0 Å². The first kappa shape index (κ1) is 12.0. The molecule has 0 N–H and O–H groups in total. The van der Waals surface area contributed by atoms with Gasteiger partial charge in [-0.2, -0.15) is 13.2 Å². The van der Waals surface area contributed by atoms with Gasteiger partial charge in [-0.25, -0.2) is 4.39 Å². The first-order valence-electron chi connectivity index (χ1n) is 4.27. The van der Waals surface area contributed by atoms with E-state index in [2.05, 4.69) is 4.74 Å². The van der Waals surface area contributed by atoms with Gasteiger partial charge in [-0.3, -0.25) is 0 Å². The Balaban J connectivity index is 2.76. The van der Waals surface area contributed by atoms with E-state index in [9.17, 15) is 17.6 Å². The number of benzene rings is 1. The Morgan fingerprint density at radius 3 is 2.47 bits per heavy atom. The molecule has 1 aromatic carbocycles. The number of rotatable bonds is 3. The Kier molecular flexibility index (Phi) is 3.68. The topological polar surface area (TPSA) is 9.23 Å². The molecule has 0 aliphatic carbocycles. The summed E-state index contributed by atoms with van der Waals surface area (Å²) in [5, 5.41) is 0. The highest BCUT2D eigenvalue weighted by Crippen LogP contribution is 2.25. The summed E-state index contributed by atoms with van der Waals surface area (Å²) in [7, 11) is 0.984. The van der Waals surface area contributed by atoms with Gasteiger partial charge in [0.15, 0.2) is 6.10 Å². The van der Waals surface area contributed by atoms with Crippen molar-refractivity contribution in [1.29, 1.82) is 0 Å². The van der Waals surface area contributed by atoms with Crippen LogP contribution in [0.1, 0.15) is 5.56 Å². The molecule has 1 unspecified atom stereocenters. The summed E-state index contributed by atoms with van der Waals surface area (Å²) in [4.78, 5) is 0. The Bertz CT molecular complexity index is 321. The highest BCUT2D eigenvalue weighted by molar-refractivity contribution is 5.17. The van der Waals surface area contributed by atoms with E-state index in [-0.39, 0.29) is 12.0 Å². The number of hydrogen-bond donors (Lipinski definition) is 0. The Labute approximate surface area is 84.7 Å². The van der Waals surface area contributed by atoms with Crippen molar-refractivity contribution in [1.82, 2.24) is 0 Å². The highest BCUT2D eigenvalue weighted by Gasteiger charge is 2.39. The molecule has 1 atom stereocenters. The van der Waals surface area contributed by atoms with Gasteiger partial charge in [0.1, 0.15) is 5.82 Å². The van der Waals surface area contributed by atoms with E-state index in [0.29, 0.717) is 0 Å². The summed E-state index contributed by atoms with van der Waals surface area (Å²) in [6.45, 7) is 0. The van der Waals surface area contributed by atoms with Gasteiger partial charge in [0.05, 0.1) is 0 Å². The second-order valence-electron chi connectivity index (χ2n) is 3.10. The molecule has 0 saturated carbocycles. The van der Waals surface area contributed by atoms with Crippen molar-refractivity contribution in [2.24, 2.45) is 0 Å². The molecule has 0 amide bonds. The maximum absolute atomic E-state index is 12.7. The monoisotopic (exact) mass is 222 g/mol. The largest absolute Gasteiger partial charge is 0.414 e. The molecule has 0 fully saturated rings. The Morgan fingerprint density at radius 1 is 1.33 bits per heavy atom. The number of methoxy groups -OCH3 is 1. The quantitative estimate of drug-likeness (QED) is 0.714. The molecule has 0 spiro atoms. The van der Waals surface area contributed by atoms with Crippen molar-refractivity contribution < 1.29 is 22.3 Å². The van der Waals surface area contributed by atoms with Crippen LogP contribution in [-0.4, -0.2) is 19.4 Å². The van der Waals surface area contributed by atoms with Crippen LogP contribution in [0.2, 0.25) is 0 Å². The van der Waals surface area contributed by atoms with Crippen molar-refractivity contribution in [3.05, 3.63) is 35.6 Å². The van der Waals surface area contributed by atoms with Crippen LogP contribution in [0.5, 0.6) is 0 Å². The van der Waals surface area contributed by atoms with Gasteiger partial charge in [-0.05, 0) is 17.7 Å². The average Bonchev–Trinajstić information content (AvgIpc) is 2.12. The lowest BCUT2D eigenvalue weighted by Crippen LogP contribution is -2.32. The van der Waals surface area contributed by atoms with Gasteiger partial charge < -0.3 is 4.74 Å². The summed E-state index contributed by atoms with van der Waals surface area (Å²) in [5.74, 6) is -0.551. The maximum Gasteiger partial charge on any atom is 0.414 e. The van der Waals surface area contributed by atoms with E-state index in [0.717, 1.165) is 13.2 Å². The molecular formula is C10H10F4O. The van der Waals surface area contributed by atoms with E-state index < -0.39 is 18.1 Å². The van der Waals surface area contributed by atoms with Crippen LogP contribution in [0.15, 0.2) is 24.3 Å². The molecule has 0 aliphatic rings. The second-order valence-corrected chi connectivity index (χ2v) is 3.10. The van der Waals surface area contributed by atoms with Crippen LogP contribution in [-0.2, 0) is 11.2 Å². The van der Waals surface area contributed by atoms with Crippen LogP contribution in [0.25, 0.3) is 0 Å². The second kappa shape index (κ2) is 4.61. The highest BCUT2D eigenvalue weighted by atomic mass is 19.4. The minimum atomic E-state index is -4.43. The molecule has 0 heterocycles. The van der Waals surface area contributed by atoms with Gasteiger partial charge in [-0.15, -0.1) is 0 Å². The van der Waals surface area contributed by atoms with Crippen LogP contribution in [0.4, 0.5) is 17.6 Å². The van der Waals surface area contributed by atoms with E-state index in [1.165, 1.54) is 18.2 Å². The lowest BCUT2D eigenvalue weighted by Gasteiger charge is -2.18. The number of hydrogen-bond acceptors (Lipinski definition) is 1. The van der Waals surface area contributed by atoms with Crippen molar-refractivity contribution in [3.63, 3.8) is 0 Å². The van der Waals surface area contributed by atoms with Crippen molar-refractivity contribution in [2.75, 3.05) is 7.11 Å². The Hall–Kier alpha value is -1.10. The lowest BCUT2D eigenvalue weighted by molar-refractivity contribution is -0.212. The van der Waals surface area contributed by atoms with Crippen molar-refractivity contribution >= 4 is 0 Å². The molecule has 0 saturated heterocycles. The third-order valence-corrected chi connectivity index (χ3v) is 1.96. The fourth-order valence-electron chi connectivity index (χ4n) is 1.21. The van der Waals surface area contributed by atoms with E-state index in [1.807, 2.05) is 0 Å². The minimum Gasteiger partial charge on any atom is -0.372 e. The zero-order valence-electron chi connectivity index (χ0n) is 8.01. The van der Waals surface area contributed by atoms with Crippen LogP contribution in [0, 0.1) is 5.82 Å².